The molecule has 0 aliphatic heterocycles. The largest absolute Gasteiger partial charge is 0.380 e. The first-order chi connectivity index (χ1) is 5.77. The Morgan fingerprint density at radius 3 is 3.00 bits per heavy atom. The van der Waals surface area contributed by atoms with E-state index in [9.17, 15) is 0 Å². The van der Waals surface area contributed by atoms with Crippen LogP contribution in [0.1, 0.15) is 11.3 Å². The molecule has 0 atom stereocenters. The van der Waals surface area contributed by atoms with Gasteiger partial charge in [0.15, 0.2) is 0 Å². The number of H-pyrrole nitrogens is 1. The van der Waals surface area contributed by atoms with Crippen molar-refractivity contribution in [1.82, 2.24) is 10.3 Å². The average molecular weight is 189 g/mol. The van der Waals surface area contributed by atoms with Gasteiger partial charge in [-0.2, -0.15) is 0 Å². The fourth-order valence-electron chi connectivity index (χ4n) is 1.08. The summed E-state index contributed by atoms with van der Waals surface area (Å²) in [7, 11) is 3.55. The maximum absolute atomic E-state index is 5.90. The van der Waals surface area contributed by atoms with Crippen molar-refractivity contribution in [3.63, 3.8) is 0 Å². The molecule has 0 aromatic carbocycles. The summed E-state index contributed by atoms with van der Waals surface area (Å²) in [5.41, 5.74) is 2.08. The van der Waals surface area contributed by atoms with Crippen LogP contribution in [-0.4, -0.2) is 19.1 Å². The third-order valence-electron chi connectivity index (χ3n) is 1.57. The minimum absolute atomic E-state index is 0.555. The molecule has 0 unspecified atom stereocenters. The molecule has 0 bridgehead atoms. The Morgan fingerprint density at radius 2 is 2.42 bits per heavy atom. The lowest BCUT2D eigenvalue weighted by Gasteiger charge is -1.93. The Labute approximate surface area is 77.1 Å². The van der Waals surface area contributed by atoms with Crippen molar-refractivity contribution in [2.75, 3.05) is 14.2 Å². The molecule has 0 aliphatic carbocycles. The minimum atomic E-state index is 0.555. The van der Waals surface area contributed by atoms with Crippen LogP contribution in [0.5, 0.6) is 0 Å². The Balaban J connectivity index is 2.70. The maximum atomic E-state index is 5.90. The second kappa shape index (κ2) is 4.50. The Hall–Kier alpha value is -0.510. The first-order valence-corrected chi connectivity index (χ1v) is 4.15. The van der Waals surface area contributed by atoms with Crippen molar-refractivity contribution in [3.8, 4) is 0 Å². The number of aromatic amines is 1. The third kappa shape index (κ3) is 2.24. The molecule has 1 rings (SSSR count). The van der Waals surface area contributed by atoms with E-state index in [1.165, 1.54) is 0 Å². The van der Waals surface area contributed by atoms with Crippen molar-refractivity contribution in [2.24, 2.45) is 0 Å². The molecule has 12 heavy (non-hydrogen) atoms. The molecule has 0 saturated carbocycles. The van der Waals surface area contributed by atoms with Gasteiger partial charge in [0.25, 0.3) is 0 Å². The molecular formula is C8H13ClN2O. The van der Waals surface area contributed by atoms with Gasteiger partial charge in [-0.05, 0) is 13.1 Å². The van der Waals surface area contributed by atoms with Crippen molar-refractivity contribution in [2.45, 2.75) is 13.2 Å². The summed E-state index contributed by atoms with van der Waals surface area (Å²) in [4.78, 5) is 3.05. The second-order valence-electron chi connectivity index (χ2n) is 2.60. The summed E-state index contributed by atoms with van der Waals surface area (Å²) in [5.74, 6) is 0. The molecule has 1 aromatic heterocycles. The number of hydrogen-bond acceptors (Lipinski definition) is 2. The van der Waals surface area contributed by atoms with E-state index in [0.29, 0.717) is 11.8 Å². The van der Waals surface area contributed by atoms with E-state index >= 15 is 0 Å². The summed E-state index contributed by atoms with van der Waals surface area (Å²) >= 11 is 5.90. The van der Waals surface area contributed by atoms with Crippen LogP contribution >= 0.6 is 11.6 Å². The van der Waals surface area contributed by atoms with E-state index in [0.717, 1.165) is 17.8 Å². The molecule has 1 heterocycles. The second-order valence-corrected chi connectivity index (χ2v) is 2.98. The van der Waals surface area contributed by atoms with Crippen LogP contribution in [0.15, 0.2) is 6.07 Å². The molecule has 1 aromatic rings. The number of hydrogen-bond donors (Lipinski definition) is 2. The lowest BCUT2D eigenvalue weighted by Crippen LogP contribution is -2.04. The first kappa shape index (κ1) is 9.58. The standard InChI is InChI=1S/C8H13ClN2O/c1-10-4-7-3-6(5-12-2)8(9)11-7/h3,10-11H,4-5H2,1-2H3. The van der Waals surface area contributed by atoms with Crippen LogP contribution < -0.4 is 5.32 Å². The van der Waals surface area contributed by atoms with E-state index in [1.54, 1.807) is 7.11 Å². The van der Waals surface area contributed by atoms with Crippen LogP contribution in [0.25, 0.3) is 0 Å². The summed E-state index contributed by atoms with van der Waals surface area (Å²) in [5, 5.41) is 3.70. The number of ether oxygens (including phenoxy) is 1. The molecule has 4 heteroatoms. The summed E-state index contributed by atoms with van der Waals surface area (Å²) in [6.07, 6.45) is 0. The SMILES string of the molecule is CNCc1cc(COC)c(Cl)[nH]1. The van der Waals surface area contributed by atoms with Crippen molar-refractivity contribution < 1.29 is 4.74 Å². The van der Waals surface area contributed by atoms with Crippen LogP contribution in [0.4, 0.5) is 0 Å². The van der Waals surface area contributed by atoms with Gasteiger partial charge in [-0.25, -0.2) is 0 Å². The fourth-order valence-corrected chi connectivity index (χ4v) is 1.31. The highest BCUT2D eigenvalue weighted by atomic mass is 35.5. The average Bonchev–Trinajstić information content (AvgIpc) is 2.34. The monoisotopic (exact) mass is 188 g/mol. The molecule has 68 valence electrons. The van der Waals surface area contributed by atoms with Gasteiger partial charge < -0.3 is 15.0 Å². The van der Waals surface area contributed by atoms with Crippen molar-refractivity contribution in [1.29, 1.82) is 0 Å². The Morgan fingerprint density at radius 1 is 1.67 bits per heavy atom. The van der Waals surface area contributed by atoms with Gasteiger partial charge in [0.1, 0.15) is 5.15 Å². The van der Waals surface area contributed by atoms with E-state index < -0.39 is 0 Å². The predicted octanol–water partition coefficient (Wildman–Crippen LogP) is 1.53. The zero-order chi connectivity index (χ0) is 8.97. The van der Waals surface area contributed by atoms with E-state index in [4.69, 9.17) is 16.3 Å². The van der Waals surface area contributed by atoms with Crippen LogP contribution in [-0.2, 0) is 17.9 Å². The van der Waals surface area contributed by atoms with Crippen LogP contribution in [0.3, 0.4) is 0 Å². The summed E-state index contributed by atoms with van der Waals surface area (Å²) < 4.78 is 4.98. The highest BCUT2D eigenvalue weighted by molar-refractivity contribution is 6.30. The molecule has 0 fully saturated rings. The van der Waals surface area contributed by atoms with Gasteiger partial charge in [-0.1, -0.05) is 11.6 Å². The van der Waals surface area contributed by atoms with E-state index in [2.05, 4.69) is 10.3 Å². The topological polar surface area (TPSA) is 37.0 Å². The molecule has 0 aliphatic rings. The lowest BCUT2D eigenvalue weighted by molar-refractivity contribution is 0.185. The molecule has 0 spiro atoms. The zero-order valence-corrected chi connectivity index (χ0v) is 8.03. The molecule has 3 nitrogen and oxygen atoms in total. The lowest BCUT2D eigenvalue weighted by atomic mass is 10.3. The van der Waals surface area contributed by atoms with Gasteiger partial charge in [-0.15, -0.1) is 0 Å². The normalized spacial score (nSPS) is 10.6. The maximum Gasteiger partial charge on any atom is 0.112 e. The smallest absolute Gasteiger partial charge is 0.112 e. The van der Waals surface area contributed by atoms with Gasteiger partial charge in [0.05, 0.1) is 6.61 Å². The number of rotatable bonds is 4. The Bertz CT molecular complexity index is 247. The quantitative estimate of drug-likeness (QED) is 0.752. The molecule has 0 radical (unpaired) electrons. The van der Waals surface area contributed by atoms with Gasteiger partial charge in [0, 0.05) is 24.9 Å². The Kier molecular flexibility index (Phi) is 3.59. The molecule has 0 saturated heterocycles. The van der Waals surface area contributed by atoms with Gasteiger partial charge >= 0.3 is 0 Å². The number of methoxy groups -OCH3 is 1. The molecule has 2 N–H and O–H groups in total. The third-order valence-corrected chi connectivity index (χ3v) is 1.90. The highest BCUT2D eigenvalue weighted by Gasteiger charge is 2.04. The summed E-state index contributed by atoms with van der Waals surface area (Å²) in [6, 6.07) is 2.00. The van der Waals surface area contributed by atoms with E-state index in [1.807, 2.05) is 13.1 Å². The van der Waals surface area contributed by atoms with Crippen LogP contribution in [0.2, 0.25) is 5.15 Å². The minimum Gasteiger partial charge on any atom is -0.380 e. The number of halogens is 1. The number of aromatic nitrogens is 1. The van der Waals surface area contributed by atoms with Gasteiger partial charge in [-0.3, -0.25) is 0 Å². The van der Waals surface area contributed by atoms with Crippen molar-refractivity contribution in [3.05, 3.63) is 22.5 Å². The predicted molar refractivity (Wildman–Crippen MR) is 49.3 cm³/mol. The first-order valence-electron chi connectivity index (χ1n) is 3.77. The van der Waals surface area contributed by atoms with Gasteiger partial charge in [0.2, 0.25) is 0 Å². The highest BCUT2D eigenvalue weighted by Crippen LogP contribution is 2.17. The van der Waals surface area contributed by atoms with E-state index in [-0.39, 0.29) is 0 Å². The van der Waals surface area contributed by atoms with Crippen molar-refractivity contribution >= 4 is 11.6 Å². The molecular weight excluding hydrogens is 176 g/mol. The zero-order valence-electron chi connectivity index (χ0n) is 7.28. The van der Waals surface area contributed by atoms with Crippen LogP contribution in [0, 0.1) is 0 Å². The fraction of sp³-hybridized carbons (Fsp3) is 0.500. The molecule has 0 amide bonds. The number of nitrogens with one attached hydrogen (secondary N) is 2. The summed E-state index contributed by atoms with van der Waals surface area (Å²) in [6.45, 7) is 1.35.